The van der Waals surface area contributed by atoms with Gasteiger partial charge in [-0.15, -0.1) is 0 Å². The highest BCUT2D eigenvalue weighted by atomic mass is 35.5. The van der Waals surface area contributed by atoms with Gasteiger partial charge in [-0.2, -0.15) is 0 Å². The van der Waals surface area contributed by atoms with E-state index in [0.29, 0.717) is 23.6 Å². The van der Waals surface area contributed by atoms with E-state index in [2.05, 4.69) is 33.4 Å². The van der Waals surface area contributed by atoms with Crippen LogP contribution in [0, 0.1) is 0 Å². The van der Waals surface area contributed by atoms with Gasteiger partial charge in [0.25, 0.3) is 0 Å². The van der Waals surface area contributed by atoms with Crippen LogP contribution in [-0.2, 0) is 9.53 Å². The molecule has 2 aliphatic rings. The molecule has 3 heterocycles. The molecule has 2 aromatic rings. The van der Waals surface area contributed by atoms with E-state index >= 15 is 0 Å². The quantitative estimate of drug-likeness (QED) is 0.600. The van der Waals surface area contributed by atoms with Gasteiger partial charge in [-0.1, -0.05) is 29.8 Å². The van der Waals surface area contributed by atoms with Crippen LogP contribution in [0.5, 0.6) is 0 Å². The van der Waals surface area contributed by atoms with Crippen LogP contribution >= 0.6 is 11.6 Å². The zero-order valence-electron chi connectivity index (χ0n) is 18.8. The minimum absolute atomic E-state index is 0.206. The van der Waals surface area contributed by atoms with Gasteiger partial charge in [-0.3, -0.25) is 9.80 Å². The molecule has 1 aromatic carbocycles. The molecular weight excluding hydrogens is 444 g/mol. The number of carbonyl (C=O) groups is 2. The summed E-state index contributed by atoms with van der Waals surface area (Å²) < 4.78 is 10.8. The maximum absolute atomic E-state index is 12.8. The molecule has 0 radical (unpaired) electrons. The molecule has 1 aromatic heterocycles. The molecule has 2 N–H and O–H groups in total. The number of carbonyl (C=O) groups excluding carboxylic acids is 2. The molecule has 33 heavy (non-hydrogen) atoms. The van der Waals surface area contributed by atoms with Gasteiger partial charge >= 0.3 is 12.0 Å². The monoisotopic (exact) mass is 472 g/mol. The third kappa shape index (κ3) is 5.24. The van der Waals surface area contributed by atoms with E-state index in [1.54, 1.807) is 19.1 Å². The molecule has 2 atom stereocenters. The summed E-state index contributed by atoms with van der Waals surface area (Å²) in [5, 5.41) is 6.38. The van der Waals surface area contributed by atoms with E-state index in [0.717, 1.165) is 36.8 Å². The van der Waals surface area contributed by atoms with Gasteiger partial charge in [0.05, 0.1) is 18.4 Å². The largest absolute Gasteiger partial charge is 0.467 e. The molecule has 0 saturated carbocycles. The van der Waals surface area contributed by atoms with E-state index in [9.17, 15) is 9.59 Å². The normalized spacial score (nSPS) is 20.8. The second kappa shape index (κ2) is 10.4. The van der Waals surface area contributed by atoms with Crippen molar-refractivity contribution in [1.82, 2.24) is 20.4 Å². The van der Waals surface area contributed by atoms with Gasteiger partial charge in [-0.25, -0.2) is 9.59 Å². The first-order valence-corrected chi connectivity index (χ1v) is 11.6. The van der Waals surface area contributed by atoms with Gasteiger partial charge in [0.2, 0.25) is 0 Å². The lowest BCUT2D eigenvalue weighted by atomic mass is 9.99. The number of urea groups is 1. The molecule has 4 rings (SSSR count). The van der Waals surface area contributed by atoms with Crippen LogP contribution in [0.25, 0.3) is 0 Å². The van der Waals surface area contributed by atoms with Crippen LogP contribution in [0.2, 0.25) is 5.02 Å². The number of benzene rings is 1. The predicted octanol–water partition coefficient (Wildman–Crippen LogP) is 3.48. The molecule has 1 fully saturated rings. The minimum atomic E-state index is -0.690. The number of halogens is 1. The number of furan rings is 1. The molecule has 0 aliphatic carbocycles. The van der Waals surface area contributed by atoms with Crippen LogP contribution in [0.15, 0.2) is 58.3 Å². The van der Waals surface area contributed by atoms with Gasteiger partial charge in [0, 0.05) is 49.5 Å². The Balaban J connectivity index is 1.49. The summed E-state index contributed by atoms with van der Waals surface area (Å²) in [5.74, 6) is 0.0242. The Morgan fingerprint density at radius 1 is 1.21 bits per heavy atom. The number of nitrogens with one attached hydrogen (secondary N) is 2. The van der Waals surface area contributed by atoms with Crippen LogP contribution in [0.1, 0.15) is 37.3 Å². The lowest BCUT2D eigenvalue weighted by Crippen LogP contribution is -2.52. The molecule has 2 amide bonds. The van der Waals surface area contributed by atoms with E-state index in [1.165, 1.54) is 6.26 Å². The predicted molar refractivity (Wildman–Crippen MR) is 125 cm³/mol. The smallest absolute Gasteiger partial charge is 0.338 e. The first-order chi connectivity index (χ1) is 16.0. The summed E-state index contributed by atoms with van der Waals surface area (Å²) in [6, 6.07) is 10.5. The Hall–Kier alpha value is -2.81. The summed E-state index contributed by atoms with van der Waals surface area (Å²) in [5.41, 5.74) is 2.04. The average Bonchev–Trinajstić information content (AvgIpc) is 3.34. The number of amides is 2. The highest BCUT2D eigenvalue weighted by molar-refractivity contribution is 6.31. The zero-order chi connectivity index (χ0) is 23.4. The molecule has 2 unspecified atom stereocenters. The van der Waals surface area contributed by atoms with Crippen LogP contribution in [-0.4, -0.2) is 61.1 Å². The number of piperazine rings is 1. The van der Waals surface area contributed by atoms with Crippen molar-refractivity contribution in [1.29, 1.82) is 0 Å². The third-order valence-corrected chi connectivity index (χ3v) is 6.51. The maximum atomic E-state index is 12.8. The van der Waals surface area contributed by atoms with Crippen molar-refractivity contribution in [3.63, 3.8) is 0 Å². The SMILES string of the molecule is CCOC(=O)C1=C(CN2CCN(C(C)c3ccccc3Cl)CC2)NC(=O)NC1c1ccco1. The van der Waals surface area contributed by atoms with Crippen LogP contribution < -0.4 is 10.6 Å². The van der Waals surface area contributed by atoms with Crippen molar-refractivity contribution >= 4 is 23.6 Å². The van der Waals surface area contributed by atoms with Crippen molar-refractivity contribution in [3.8, 4) is 0 Å². The van der Waals surface area contributed by atoms with Gasteiger partial charge in [-0.05, 0) is 37.6 Å². The Morgan fingerprint density at radius 3 is 2.64 bits per heavy atom. The first kappa shape index (κ1) is 23.4. The number of hydrogen-bond acceptors (Lipinski definition) is 6. The maximum Gasteiger partial charge on any atom is 0.338 e. The minimum Gasteiger partial charge on any atom is -0.467 e. The lowest BCUT2D eigenvalue weighted by molar-refractivity contribution is -0.139. The average molecular weight is 473 g/mol. The van der Waals surface area contributed by atoms with Crippen molar-refractivity contribution in [2.75, 3.05) is 39.3 Å². The number of esters is 1. The third-order valence-electron chi connectivity index (χ3n) is 6.17. The fraction of sp³-hybridized carbons (Fsp3) is 0.417. The zero-order valence-corrected chi connectivity index (χ0v) is 19.6. The Labute approximate surface area is 198 Å². The molecule has 1 saturated heterocycles. The lowest BCUT2D eigenvalue weighted by Gasteiger charge is -2.39. The second-order valence-corrected chi connectivity index (χ2v) is 8.58. The Kier molecular flexibility index (Phi) is 7.37. The van der Waals surface area contributed by atoms with E-state index in [1.807, 2.05) is 18.2 Å². The topological polar surface area (TPSA) is 87.0 Å². The summed E-state index contributed by atoms with van der Waals surface area (Å²) in [4.78, 5) is 29.9. The fourth-order valence-corrected chi connectivity index (χ4v) is 4.70. The van der Waals surface area contributed by atoms with Crippen molar-refractivity contribution < 1.29 is 18.7 Å². The molecular formula is C24H29ClN4O4. The fourth-order valence-electron chi connectivity index (χ4n) is 4.40. The van der Waals surface area contributed by atoms with Crippen molar-refractivity contribution in [2.45, 2.75) is 25.9 Å². The Bertz CT molecular complexity index is 1020. The number of nitrogens with zero attached hydrogens (tertiary/aromatic N) is 2. The summed E-state index contributed by atoms with van der Waals surface area (Å²) in [6.45, 7) is 7.89. The summed E-state index contributed by atoms with van der Waals surface area (Å²) >= 11 is 6.40. The second-order valence-electron chi connectivity index (χ2n) is 8.17. The number of ether oxygens (including phenoxy) is 1. The highest BCUT2D eigenvalue weighted by Crippen LogP contribution is 2.30. The van der Waals surface area contributed by atoms with Gasteiger partial charge in [0.1, 0.15) is 11.8 Å². The van der Waals surface area contributed by atoms with Crippen LogP contribution in [0.4, 0.5) is 4.79 Å². The molecule has 0 spiro atoms. The molecule has 176 valence electrons. The molecule has 9 heteroatoms. The highest BCUT2D eigenvalue weighted by Gasteiger charge is 2.36. The Morgan fingerprint density at radius 2 is 1.97 bits per heavy atom. The number of hydrogen-bond donors (Lipinski definition) is 2. The van der Waals surface area contributed by atoms with Gasteiger partial charge < -0.3 is 19.8 Å². The van der Waals surface area contributed by atoms with Crippen molar-refractivity contribution in [3.05, 3.63) is 70.3 Å². The van der Waals surface area contributed by atoms with E-state index < -0.39 is 12.0 Å². The van der Waals surface area contributed by atoms with Crippen molar-refractivity contribution in [2.24, 2.45) is 0 Å². The molecule has 2 aliphatic heterocycles. The first-order valence-electron chi connectivity index (χ1n) is 11.2. The van der Waals surface area contributed by atoms with E-state index in [4.69, 9.17) is 20.8 Å². The summed E-state index contributed by atoms with van der Waals surface area (Å²) in [7, 11) is 0. The molecule has 0 bridgehead atoms. The standard InChI is InChI=1S/C24H29ClN4O4/c1-3-32-23(30)21-19(26-24(31)27-22(21)20-9-6-14-33-20)15-28-10-12-29(13-11-28)16(2)17-7-4-5-8-18(17)25/h4-9,14,16,22H,3,10-13,15H2,1-2H3,(H2,26,27,31). The van der Waals surface area contributed by atoms with Gasteiger partial charge in [0.15, 0.2) is 0 Å². The molecule has 8 nitrogen and oxygen atoms in total. The number of rotatable bonds is 7. The summed E-state index contributed by atoms with van der Waals surface area (Å²) in [6.07, 6.45) is 1.52. The van der Waals surface area contributed by atoms with E-state index in [-0.39, 0.29) is 18.7 Å². The van der Waals surface area contributed by atoms with Crippen LogP contribution in [0.3, 0.4) is 0 Å².